The molecule has 0 radical (unpaired) electrons. The Bertz CT molecular complexity index is 902. The van der Waals surface area contributed by atoms with Gasteiger partial charge in [-0.05, 0) is 19.1 Å². The number of thiazole rings is 1. The van der Waals surface area contributed by atoms with Gasteiger partial charge < -0.3 is 4.74 Å². The summed E-state index contributed by atoms with van der Waals surface area (Å²) in [5, 5.41) is 6.00. The summed E-state index contributed by atoms with van der Waals surface area (Å²) in [4.78, 5) is 15.8. The second-order valence-corrected chi connectivity index (χ2v) is 5.80. The van der Waals surface area contributed by atoms with Crippen LogP contribution in [0.5, 0.6) is 0 Å². The van der Waals surface area contributed by atoms with E-state index in [4.69, 9.17) is 4.74 Å². The van der Waals surface area contributed by atoms with Gasteiger partial charge in [-0.1, -0.05) is 12.1 Å². The number of aromatic nitrogens is 3. The van der Waals surface area contributed by atoms with E-state index in [9.17, 15) is 18.0 Å². The lowest BCUT2D eigenvalue weighted by atomic mass is 10.1. The highest BCUT2D eigenvalue weighted by atomic mass is 32.1. The third-order valence-corrected chi connectivity index (χ3v) is 4.17. The standard InChI is InChI=1S/C16H12F3N3O2S/c1-2-24-15(23)12-9-25-14(21-12)10-7-20-22(8-10)13-6-4-3-5-11(13)16(17,18)19/h3-9H,2H2,1H3. The molecule has 3 rings (SSSR count). The van der Waals surface area contributed by atoms with Gasteiger partial charge in [0.2, 0.25) is 0 Å². The number of rotatable bonds is 4. The molecule has 0 bridgehead atoms. The number of nitrogens with zero attached hydrogens (tertiary/aromatic N) is 3. The maximum atomic E-state index is 13.1. The van der Waals surface area contributed by atoms with Crippen LogP contribution in [0.4, 0.5) is 13.2 Å². The van der Waals surface area contributed by atoms with Crippen molar-refractivity contribution in [1.29, 1.82) is 0 Å². The first kappa shape index (κ1) is 17.2. The molecule has 2 heterocycles. The van der Waals surface area contributed by atoms with E-state index in [0.29, 0.717) is 10.6 Å². The van der Waals surface area contributed by atoms with E-state index in [-0.39, 0.29) is 18.0 Å². The zero-order valence-electron chi connectivity index (χ0n) is 12.9. The van der Waals surface area contributed by atoms with Crippen LogP contribution in [0.25, 0.3) is 16.3 Å². The Labute approximate surface area is 144 Å². The number of para-hydroxylation sites is 1. The first-order valence-corrected chi connectivity index (χ1v) is 8.12. The molecule has 0 aliphatic heterocycles. The van der Waals surface area contributed by atoms with E-state index in [1.807, 2.05) is 0 Å². The number of esters is 1. The van der Waals surface area contributed by atoms with E-state index >= 15 is 0 Å². The molecule has 9 heteroatoms. The Morgan fingerprint density at radius 2 is 2.08 bits per heavy atom. The number of alkyl halides is 3. The van der Waals surface area contributed by atoms with Gasteiger partial charge in [-0.3, -0.25) is 0 Å². The van der Waals surface area contributed by atoms with Gasteiger partial charge in [0.15, 0.2) is 5.69 Å². The Hall–Kier alpha value is -2.68. The highest BCUT2D eigenvalue weighted by Crippen LogP contribution is 2.34. The number of benzene rings is 1. The molecular weight excluding hydrogens is 355 g/mol. The Morgan fingerprint density at radius 3 is 2.80 bits per heavy atom. The van der Waals surface area contributed by atoms with Gasteiger partial charge in [0.05, 0.1) is 24.1 Å². The Kier molecular flexibility index (Phi) is 4.58. The van der Waals surface area contributed by atoms with Crippen molar-refractivity contribution in [3.05, 3.63) is 53.3 Å². The van der Waals surface area contributed by atoms with Gasteiger partial charge in [-0.2, -0.15) is 18.3 Å². The monoisotopic (exact) mass is 367 g/mol. The molecular formula is C16H12F3N3O2S. The first-order valence-electron chi connectivity index (χ1n) is 7.24. The van der Waals surface area contributed by atoms with E-state index in [1.165, 1.54) is 47.3 Å². The van der Waals surface area contributed by atoms with Crippen molar-refractivity contribution in [3.8, 4) is 16.3 Å². The molecule has 5 nitrogen and oxygen atoms in total. The van der Waals surface area contributed by atoms with Gasteiger partial charge in [-0.25, -0.2) is 14.5 Å². The minimum atomic E-state index is -4.49. The summed E-state index contributed by atoms with van der Waals surface area (Å²) in [6.45, 7) is 1.92. The average Bonchev–Trinajstić information content (AvgIpc) is 3.23. The molecule has 130 valence electrons. The van der Waals surface area contributed by atoms with Crippen molar-refractivity contribution < 1.29 is 22.7 Å². The van der Waals surface area contributed by atoms with Gasteiger partial charge in [0.1, 0.15) is 5.01 Å². The molecule has 0 fully saturated rings. The van der Waals surface area contributed by atoms with Crippen molar-refractivity contribution in [2.75, 3.05) is 6.61 Å². The molecule has 0 unspecified atom stereocenters. The van der Waals surface area contributed by atoms with Crippen LogP contribution in [0.1, 0.15) is 23.0 Å². The fraction of sp³-hybridized carbons (Fsp3) is 0.188. The van der Waals surface area contributed by atoms with Crippen LogP contribution in [0.2, 0.25) is 0 Å². The van der Waals surface area contributed by atoms with Crippen LogP contribution in [0.15, 0.2) is 42.0 Å². The van der Waals surface area contributed by atoms with Gasteiger partial charge in [0.25, 0.3) is 0 Å². The van der Waals surface area contributed by atoms with Crippen molar-refractivity contribution >= 4 is 17.3 Å². The molecule has 0 spiro atoms. The highest BCUT2D eigenvalue weighted by Gasteiger charge is 2.33. The van der Waals surface area contributed by atoms with Gasteiger partial charge >= 0.3 is 12.1 Å². The molecule has 0 saturated heterocycles. The third kappa shape index (κ3) is 3.55. The number of hydrogen-bond acceptors (Lipinski definition) is 5. The van der Waals surface area contributed by atoms with Crippen molar-refractivity contribution in [2.45, 2.75) is 13.1 Å². The molecule has 0 atom stereocenters. The summed E-state index contributed by atoms with van der Waals surface area (Å²) < 4.78 is 45.4. The maximum Gasteiger partial charge on any atom is 0.418 e. The van der Waals surface area contributed by atoms with Crippen molar-refractivity contribution in [3.63, 3.8) is 0 Å². The van der Waals surface area contributed by atoms with Gasteiger partial charge in [0, 0.05) is 17.1 Å². The maximum absolute atomic E-state index is 13.1. The molecule has 0 saturated carbocycles. The number of halogens is 3. The van der Waals surface area contributed by atoms with E-state index < -0.39 is 17.7 Å². The molecule has 0 amide bonds. The molecule has 0 aliphatic carbocycles. The number of ether oxygens (including phenoxy) is 1. The van der Waals surface area contributed by atoms with Crippen LogP contribution >= 0.6 is 11.3 Å². The number of hydrogen-bond donors (Lipinski definition) is 0. The summed E-state index contributed by atoms with van der Waals surface area (Å²) in [7, 11) is 0. The van der Waals surface area contributed by atoms with Crippen LogP contribution in [-0.2, 0) is 10.9 Å². The first-order chi connectivity index (χ1) is 11.9. The topological polar surface area (TPSA) is 57.0 Å². The van der Waals surface area contributed by atoms with Crippen LogP contribution in [0.3, 0.4) is 0 Å². The van der Waals surface area contributed by atoms with Crippen molar-refractivity contribution in [1.82, 2.24) is 14.8 Å². The molecule has 1 aromatic carbocycles. The third-order valence-electron chi connectivity index (χ3n) is 3.27. The van der Waals surface area contributed by atoms with E-state index in [1.54, 1.807) is 6.92 Å². The van der Waals surface area contributed by atoms with Crippen LogP contribution in [-0.4, -0.2) is 27.3 Å². The summed E-state index contributed by atoms with van der Waals surface area (Å²) in [6.07, 6.45) is -1.64. The Balaban J connectivity index is 1.93. The summed E-state index contributed by atoms with van der Waals surface area (Å²) in [5.41, 5.74) is -0.192. The smallest absolute Gasteiger partial charge is 0.418 e. The SMILES string of the molecule is CCOC(=O)c1csc(-c2cnn(-c3ccccc3C(F)(F)F)c2)n1. The summed E-state index contributed by atoms with van der Waals surface area (Å²) in [6, 6.07) is 5.17. The predicted molar refractivity (Wildman–Crippen MR) is 85.6 cm³/mol. The Morgan fingerprint density at radius 1 is 1.32 bits per heavy atom. The molecule has 2 aromatic heterocycles. The fourth-order valence-electron chi connectivity index (χ4n) is 2.18. The molecule has 3 aromatic rings. The minimum Gasteiger partial charge on any atom is -0.461 e. The minimum absolute atomic E-state index is 0.0802. The van der Waals surface area contributed by atoms with Gasteiger partial charge in [-0.15, -0.1) is 11.3 Å². The summed E-state index contributed by atoms with van der Waals surface area (Å²) >= 11 is 1.19. The second-order valence-electron chi connectivity index (χ2n) is 4.95. The average molecular weight is 367 g/mol. The zero-order valence-corrected chi connectivity index (χ0v) is 13.8. The summed E-state index contributed by atoms with van der Waals surface area (Å²) in [5.74, 6) is -0.542. The molecule has 25 heavy (non-hydrogen) atoms. The second kappa shape index (κ2) is 6.67. The lowest BCUT2D eigenvalue weighted by Gasteiger charge is -2.12. The highest BCUT2D eigenvalue weighted by molar-refractivity contribution is 7.13. The van der Waals surface area contributed by atoms with Crippen LogP contribution < -0.4 is 0 Å². The van der Waals surface area contributed by atoms with E-state index in [2.05, 4.69) is 10.1 Å². The fourth-order valence-corrected chi connectivity index (χ4v) is 2.95. The normalized spacial score (nSPS) is 11.5. The quantitative estimate of drug-likeness (QED) is 0.649. The van der Waals surface area contributed by atoms with Crippen LogP contribution in [0, 0.1) is 0 Å². The molecule has 0 aliphatic rings. The largest absolute Gasteiger partial charge is 0.461 e. The van der Waals surface area contributed by atoms with E-state index in [0.717, 1.165) is 10.7 Å². The lowest BCUT2D eigenvalue weighted by molar-refractivity contribution is -0.137. The predicted octanol–water partition coefficient (Wildman–Crippen LogP) is 4.19. The number of carbonyl (C=O) groups is 1. The molecule has 0 N–H and O–H groups in total. The zero-order chi connectivity index (χ0) is 18.0. The number of carbonyl (C=O) groups excluding carboxylic acids is 1. The van der Waals surface area contributed by atoms with Crippen molar-refractivity contribution in [2.24, 2.45) is 0 Å². The lowest BCUT2D eigenvalue weighted by Crippen LogP contribution is -2.10.